The first-order chi connectivity index (χ1) is 8.99. The minimum absolute atomic E-state index is 0.130. The van der Waals surface area contributed by atoms with Crippen molar-refractivity contribution in [2.45, 2.75) is 26.8 Å². The van der Waals surface area contributed by atoms with Crippen LogP contribution in [-0.2, 0) is 11.3 Å². The van der Waals surface area contributed by atoms with Crippen LogP contribution in [0.2, 0.25) is 0 Å². The molecule has 1 aromatic rings. The van der Waals surface area contributed by atoms with Crippen LogP contribution in [0.5, 0.6) is 0 Å². The van der Waals surface area contributed by atoms with Crippen molar-refractivity contribution in [3.8, 4) is 0 Å². The molecule has 0 aromatic carbocycles. The van der Waals surface area contributed by atoms with E-state index in [1.54, 1.807) is 12.3 Å². The molecule has 0 aliphatic rings. The van der Waals surface area contributed by atoms with E-state index >= 15 is 0 Å². The highest BCUT2D eigenvalue weighted by Crippen LogP contribution is 2.10. The van der Waals surface area contributed by atoms with E-state index in [0.29, 0.717) is 13.0 Å². The van der Waals surface area contributed by atoms with Crippen LogP contribution >= 0.6 is 0 Å². The number of urea groups is 1. The molecule has 3 N–H and O–H groups in total. The summed E-state index contributed by atoms with van der Waals surface area (Å²) in [5, 5.41) is 14.2. The summed E-state index contributed by atoms with van der Waals surface area (Å²) in [7, 11) is 0. The van der Waals surface area contributed by atoms with Gasteiger partial charge in [0.05, 0.1) is 18.4 Å². The van der Waals surface area contributed by atoms with Gasteiger partial charge in [-0.3, -0.25) is 4.79 Å². The van der Waals surface area contributed by atoms with Gasteiger partial charge in [0, 0.05) is 18.7 Å². The van der Waals surface area contributed by atoms with E-state index in [2.05, 4.69) is 10.6 Å². The molecular weight excluding hydrogens is 248 g/mol. The van der Waals surface area contributed by atoms with Crippen molar-refractivity contribution in [3.63, 3.8) is 0 Å². The number of rotatable bonds is 7. The van der Waals surface area contributed by atoms with Crippen LogP contribution in [-0.4, -0.2) is 23.7 Å². The first kappa shape index (κ1) is 15.1. The Morgan fingerprint density at radius 2 is 2.11 bits per heavy atom. The van der Waals surface area contributed by atoms with E-state index < -0.39 is 11.9 Å². The van der Waals surface area contributed by atoms with Crippen LogP contribution in [0, 0.1) is 11.8 Å². The molecule has 106 valence electrons. The second kappa shape index (κ2) is 7.45. The summed E-state index contributed by atoms with van der Waals surface area (Å²) in [5.41, 5.74) is 0.854. The second-order valence-corrected chi connectivity index (χ2v) is 4.86. The fourth-order valence-corrected chi connectivity index (χ4v) is 1.69. The third-order valence-electron chi connectivity index (χ3n) is 2.65. The summed E-state index contributed by atoms with van der Waals surface area (Å²) in [6.07, 6.45) is 3.61. The summed E-state index contributed by atoms with van der Waals surface area (Å²) in [6, 6.07) is 1.37. The van der Waals surface area contributed by atoms with Gasteiger partial charge < -0.3 is 20.2 Å². The zero-order valence-electron chi connectivity index (χ0n) is 11.2. The van der Waals surface area contributed by atoms with Gasteiger partial charge in [-0.1, -0.05) is 13.8 Å². The number of nitrogens with one attached hydrogen (secondary N) is 2. The molecule has 0 radical (unpaired) electrons. The zero-order valence-corrected chi connectivity index (χ0v) is 11.2. The average molecular weight is 268 g/mol. The Bertz CT molecular complexity index is 401. The van der Waals surface area contributed by atoms with Gasteiger partial charge in [-0.25, -0.2) is 4.79 Å². The molecule has 2 amide bonds. The summed E-state index contributed by atoms with van der Waals surface area (Å²) in [4.78, 5) is 22.5. The quantitative estimate of drug-likeness (QED) is 0.703. The van der Waals surface area contributed by atoms with Gasteiger partial charge in [0.2, 0.25) is 0 Å². The standard InChI is InChI=1S/C13H20N2O4/c1-9(2)5-11(12(16)17)7-15-13(18)14-6-10-3-4-19-8-10/h3-4,8-9,11H,5-7H2,1-2H3,(H,16,17)(H2,14,15,18). The molecule has 1 aromatic heterocycles. The maximum absolute atomic E-state index is 11.5. The molecule has 6 nitrogen and oxygen atoms in total. The highest BCUT2D eigenvalue weighted by molar-refractivity contribution is 5.75. The first-order valence-corrected chi connectivity index (χ1v) is 6.24. The Kier molecular flexibility index (Phi) is 5.92. The number of carboxylic acids is 1. The molecule has 19 heavy (non-hydrogen) atoms. The lowest BCUT2D eigenvalue weighted by Crippen LogP contribution is -2.39. The molecule has 1 atom stereocenters. The summed E-state index contributed by atoms with van der Waals surface area (Å²) in [6.45, 7) is 4.39. The predicted molar refractivity (Wildman–Crippen MR) is 69.5 cm³/mol. The smallest absolute Gasteiger partial charge is 0.315 e. The van der Waals surface area contributed by atoms with Crippen molar-refractivity contribution in [2.75, 3.05) is 6.54 Å². The van der Waals surface area contributed by atoms with Gasteiger partial charge in [0.15, 0.2) is 0 Å². The molecular formula is C13H20N2O4. The molecule has 0 spiro atoms. The largest absolute Gasteiger partial charge is 0.481 e. The highest BCUT2D eigenvalue weighted by Gasteiger charge is 2.19. The Morgan fingerprint density at radius 3 is 2.63 bits per heavy atom. The third kappa shape index (κ3) is 5.94. The molecule has 0 fully saturated rings. The number of carboxylic acid groups (broad SMARTS) is 1. The van der Waals surface area contributed by atoms with Crippen molar-refractivity contribution in [3.05, 3.63) is 24.2 Å². The minimum atomic E-state index is -0.885. The van der Waals surface area contributed by atoms with E-state index in [4.69, 9.17) is 9.52 Å². The fraction of sp³-hybridized carbons (Fsp3) is 0.538. The predicted octanol–water partition coefficient (Wildman–Crippen LogP) is 1.83. The maximum atomic E-state index is 11.5. The van der Waals surface area contributed by atoms with E-state index in [-0.39, 0.29) is 18.5 Å². The van der Waals surface area contributed by atoms with Gasteiger partial charge in [0.1, 0.15) is 0 Å². The maximum Gasteiger partial charge on any atom is 0.315 e. The monoisotopic (exact) mass is 268 g/mol. The topological polar surface area (TPSA) is 91.6 Å². The lowest BCUT2D eigenvalue weighted by atomic mass is 9.97. The van der Waals surface area contributed by atoms with Crippen molar-refractivity contribution in [1.29, 1.82) is 0 Å². The summed E-state index contributed by atoms with van der Waals surface area (Å²) in [5.74, 6) is -1.17. The third-order valence-corrected chi connectivity index (χ3v) is 2.65. The molecule has 6 heteroatoms. The zero-order chi connectivity index (χ0) is 14.3. The Hall–Kier alpha value is -1.98. The van der Waals surface area contributed by atoms with Crippen molar-refractivity contribution >= 4 is 12.0 Å². The van der Waals surface area contributed by atoms with E-state index in [1.165, 1.54) is 6.26 Å². The molecule has 1 heterocycles. The van der Waals surface area contributed by atoms with E-state index in [9.17, 15) is 9.59 Å². The number of amides is 2. The number of hydrogen-bond donors (Lipinski definition) is 3. The Labute approximate surface area is 112 Å². The van der Waals surface area contributed by atoms with Crippen molar-refractivity contribution in [1.82, 2.24) is 10.6 Å². The number of hydrogen-bond acceptors (Lipinski definition) is 3. The number of carbonyl (C=O) groups excluding carboxylic acids is 1. The highest BCUT2D eigenvalue weighted by atomic mass is 16.4. The molecule has 0 aliphatic carbocycles. The molecule has 0 saturated heterocycles. The number of carbonyl (C=O) groups is 2. The van der Waals surface area contributed by atoms with Crippen LogP contribution in [0.1, 0.15) is 25.8 Å². The lowest BCUT2D eigenvalue weighted by Gasteiger charge is -2.15. The minimum Gasteiger partial charge on any atom is -0.481 e. The summed E-state index contributed by atoms with van der Waals surface area (Å²) >= 11 is 0. The number of furan rings is 1. The van der Waals surface area contributed by atoms with Crippen LogP contribution in [0.15, 0.2) is 23.0 Å². The van der Waals surface area contributed by atoms with Crippen LogP contribution in [0.3, 0.4) is 0 Å². The number of aliphatic carboxylic acids is 1. The van der Waals surface area contributed by atoms with Gasteiger partial charge in [-0.15, -0.1) is 0 Å². The van der Waals surface area contributed by atoms with E-state index in [0.717, 1.165) is 5.56 Å². The second-order valence-electron chi connectivity index (χ2n) is 4.86. The summed E-state index contributed by atoms with van der Waals surface area (Å²) < 4.78 is 4.87. The van der Waals surface area contributed by atoms with Gasteiger partial charge in [-0.2, -0.15) is 0 Å². The molecule has 0 aliphatic heterocycles. The van der Waals surface area contributed by atoms with Crippen LogP contribution in [0.4, 0.5) is 4.79 Å². The Balaban J connectivity index is 2.29. The Morgan fingerprint density at radius 1 is 1.37 bits per heavy atom. The molecule has 0 bridgehead atoms. The van der Waals surface area contributed by atoms with Gasteiger partial charge >= 0.3 is 12.0 Å². The average Bonchev–Trinajstić information content (AvgIpc) is 2.84. The van der Waals surface area contributed by atoms with Crippen molar-refractivity contribution < 1.29 is 19.1 Å². The molecule has 1 rings (SSSR count). The fourth-order valence-electron chi connectivity index (χ4n) is 1.69. The normalized spacial score (nSPS) is 12.2. The van der Waals surface area contributed by atoms with Crippen molar-refractivity contribution in [2.24, 2.45) is 11.8 Å². The van der Waals surface area contributed by atoms with Crippen LogP contribution in [0.25, 0.3) is 0 Å². The van der Waals surface area contributed by atoms with Gasteiger partial charge in [0.25, 0.3) is 0 Å². The first-order valence-electron chi connectivity index (χ1n) is 6.24. The van der Waals surface area contributed by atoms with Crippen LogP contribution < -0.4 is 10.6 Å². The van der Waals surface area contributed by atoms with Gasteiger partial charge in [-0.05, 0) is 18.4 Å². The lowest BCUT2D eigenvalue weighted by molar-refractivity contribution is -0.142. The molecule has 0 saturated carbocycles. The SMILES string of the molecule is CC(C)CC(CNC(=O)NCc1ccoc1)C(=O)O. The van der Waals surface area contributed by atoms with E-state index in [1.807, 2.05) is 13.8 Å². The molecule has 1 unspecified atom stereocenters.